The Bertz CT molecular complexity index is 1620. The Hall–Kier alpha value is -3.78. The van der Waals surface area contributed by atoms with Crippen LogP contribution in [0.3, 0.4) is 0 Å². The molecule has 4 rings (SSSR count). The zero-order valence-electron chi connectivity index (χ0n) is 24.5. The summed E-state index contributed by atoms with van der Waals surface area (Å²) in [7, 11) is -2.18. The maximum atomic E-state index is 13.7. The van der Waals surface area contributed by atoms with Crippen LogP contribution in [0.25, 0.3) is 16.9 Å². The van der Waals surface area contributed by atoms with Crippen LogP contribution in [-0.2, 0) is 21.3 Å². The third-order valence-corrected chi connectivity index (χ3v) is 9.43. The van der Waals surface area contributed by atoms with E-state index in [0.29, 0.717) is 62.2 Å². The minimum absolute atomic E-state index is 0.0587. The Kier molecular flexibility index (Phi) is 9.99. The van der Waals surface area contributed by atoms with Gasteiger partial charge in [-0.05, 0) is 68.7 Å². The van der Waals surface area contributed by atoms with Crippen molar-refractivity contribution < 1.29 is 28.3 Å². The number of aromatic nitrogens is 3. The van der Waals surface area contributed by atoms with E-state index in [4.69, 9.17) is 15.0 Å². The highest BCUT2D eigenvalue weighted by atomic mass is 32.2. The number of benzene rings is 1. The summed E-state index contributed by atoms with van der Waals surface area (Å²) >= 11 is 0. The third-order valence-electron chi connectivity index (χ3n) is 7.54. The Labute approximate surface area is 244 Å². The van der Waals surface area contributed by atoms with E-state index in [0.717, 1.165) is 29.7 Å². The van der Waals surface area contributed by atoms with Gasteiger partial charge in [0.05, 0.1) is 22.8 Å². The van der Waals surface area contributed by atoms with E-state index >= 15 is 0 Å². The summed E-state index contributed by atoms with van der Waals surface area (Å²) in [4.78, 5) is 35.6. The van der Waals surface area contributed by atoms with E-state index in [-0.39, 0.29) is 28.8 Å². The molecule has 0 atom stereocenters. The molecule has 0 spiro atoms. The summed E-state index contributed by atoms with van der Waals surface area (Å²) in [6.45, 7) is 6.97. The fourth-order valence-corrected chi connectivity index (χ4v) is 6.89. The zero-order valence-corrected chi connectivity index (χ0v) is 25.3. The van der Waals surface area contributed by atoms with Crippen molar-refractivity contribution in [1.29, 1.82) is 0 Å². The number of fused-ring (bicyclic) bond motifs is 1. The maximum absolute atomic E-state index is 13.7. The van der Waals surface area contributed by atoms with Crippen molar-refractivity contribution in [3.8, 4) is 17.1 Å². The second-order valence-corrected chi connectivity index (χ2v) is 12.3. The van der Waals surface area contributed by atoms with Gasteiger partial charge in [-0.3, -0.25) is 9.79 Å². The highest BCUT2D eigenvalue weighted by Gasteiger charge is 2.31. The van der Waals surface area contributed by atoms with Gasteiger partial charge in [-0.2, -0.15) is 9.14 Å². The average Bonchev–Trinajstić information content (AvgIpc) is 3.23. The van der Waals surface area contributed by atoms with E-state index in [1.807, 2.05) is 20.8 Å². The number of aromatic amines is 1. The van der Waals surface area contributed by atoms with Crippen molar-refractivity contribution in [2.24, 2.45) is 10.9 Å². The smallest absolute Gasteiger partial charge is 0.475 e. The van der Waals surface area contributed by atoms with Crippen LogP contribution in [0.15, 0.2) is 32.9 Å². The molecule has 0 radical (unpaired) electrons. The molecule has 0 amide bonds. The van der Waals surface area contributed by atoms with Crippen LogP contribution in [-0.4, -0.2) is 77.2 Å². The van der Waals surface area contributed by atoms with E-state index in [1.165, 1.54) is 16.4 Å². The minimum Gasteiger partial charge on any atom is -0.493 e. The van der Waals surface area contributed by atoms with Gasteiger partial charge in [0, 0.05) is 31.9 Å². The summed E-state index contributed by atoms with van der Waals surface area (Å²) in [5.74, 6) is 0.797. The van der Waals surface area contributed by atoms with Gasteiger partial charge in [0.15, 0.2) is 12.4 Å². The fourth-order valence-electron chi connectivity index (χ4n) is 5.40. The minimum atomic E-state index is -3.86. The lowest BCUT2D eigenvalue weighted by molar-refractivity contribution is -0.975. The number of nitrogens with zero attached hydrogens (tertiary/aromatic N) is 5. The number of hydrogen-bond acceptors (Lipinski definition) is 8. The predicted molar refractivity (Wildman–Crippen MR) is 157 cm³/mol. The number of sulfonamides is 1. The fraction of sp³-hybridized carbons (Fsp3) is 0.536. The molecule has 0 bridgehead atoms. The molecule has 0 saturated carbocycles. The molecule has 0 aliphatic carbocycles. The first-order valence-electron chi connectivity index (χ1n) is 14.2. The molecule has 13 nitrogen and oxygen atoms in total. The molecule has 2 aromatic heterocycles. The number of aryl methyl sites for hydroxylation is 2. The van der Waals surface area contributed by atoms with Crippen molar-refractivity contribution in [3.05, 3.63) is 50.3 Å². The largest absolute Gasteiger partial charge is 0.493 e. The van der Waals surface area contributed by atoms with Gasteiger partial charge in [0.1, 0.15) is 16.2 Å². The number of piperidine rings is 1. The molecule has 228 valence electrons. The van der Waals surface area contributed by atoms with Crippen LogP contribution in [0.1, 0.15) is 62.8 Å². The molecule has 3 aromatic rings. The molecule has 14 heteroatoms. The highest BCUT2D eigenvalue weighted by molar-refractivity contribution is 7.89. The SMILES string of the molecule is CCCOc1ccc(S(=O)(=O)N2CCC(CCO[N+](=O)O)CC2)cc1-c1nn2c(CCC)c(C=NC)c(C)c2c(=O)[nH]1. The van der Waals surface area contributed by atoms with Crippen molar-refractivity contribution in [1.82, 2.24) is 18.9 Å². The lowest BCUT2D eigenvalue weighted by atomic mass is 9.95. The molecular weight excluding hydrogens is 564 g/mol. The molecule has 2 N–H and O–H groups in total. The molecule has 1 aliphatic rings. The molecule has 1 fully saturated rings. The number of nitrogens with one attached hydrogen (secondary N) is 1. The molecule has 0 unspecified atom stereocenters. The van der Waals surface area contributed by atoms with Crippen LogP contribution < -0.4 is 10.3 Å². The van der Waals surface area contributed by atoms with Crippen molar-refractivity contribution in [3.63, 3.8) is 0 Å². The van der Waals surface area contributed by atoms with Gasteiger partial charge in [0.25, 0.3) is 5.56 Å². The highest BCUT2D eigenvalue weighted by Crippen LogP contribution is 2.33. The maximum Gasteiger partial charge on any atom is 0.475 e. The quantitative estimate of drug-likeness (QED) is 0.221. The van der Waals surface area contributed by atoms with E-state index in [2.05, 4.69) is 14.8 Å². The summed E-state index contributed by atoms with van der Waals surface area (Å²) < 4.78 is 36.5. The third kappa shape index (κ3) is 6.49. The first-order valence-corrected chi connectivity index (χ1v) is 15.7. The number of hydrogen-bond donors (Lipinski definition) is 2. The molecule has 42 heavy (non-hydrogen) atoms. The number of aliphatic imine (C=N–C) groups is 1. The van der Waals surface area contributed by atoms with Crippen LogP contribution in [0.2, 0.25) is 0 Å². The summed E-state index contributed by atoms with van der Waals surface area (Å²) in [6.07, 6.45) is 5.72. The molecule has 1 saturated heterocycles. The first kappa shape index (κ1) is 31.2. The standard InChI is InChI=1S/C28H38N6O7S/c1-5-7-24-23(18-29-4)19(3)26-28(35)30-27(31-33(24)26)22-17-21(8-9-25(22)40-15-6-2)42(38,39)32-13-10-20(11-14-32)12-16-41-34(36)37/h8-9,17-18,20H,5-7,10-16H2,1-4H3,(H-,30,31,35,36,37)/p+1. The lowest BCUT2D eigenvalue weighted by Crippen LogP contribution is -2.38. The predicted octanol–water partition coefficient (Wildman–Crippen LogP) is 3.68. The Morgan fingerprint density at radius 1 is 1.21 bits per heavy atom. The Morgan fingerprint density at radius 2 is 1.95 bits per heavy atom. The summed E-state index contributed by atoms with van der Waals surface area (Å²) in [5.41, 5.74) is 2.95. The topological polar surface area (TPSA) is 159 Å². The van der Waals surface area contributed by atoms with Crippen LogP contribution in [0.5, 0.6) is 5.75 Å². The molecule has 1 aliphatic heterocycles. The van der Waals surface area contributed by atoms with Gasteiger partial charge < -0.3 is 9.72 Å². The summed E-state index contributed by atoms with van der Waals surface area (Å²) in [5, 5.41) is 12.8. The van der Waals surface area contributed by atoms with Crippen LogP contribution in [0.4, 0.5) is 0 Å². The van der Waals surface area contributed by atoms with Crippen molar-refractivity contribution in [2.45, 2.75) is 64.2 Å². The van der Waals surface area contributed by atoms with Gasteiger partial charge in [-0.1, -0.05) is 20.3 Å². The monoisotopic (exact) mass is 603 g/mol. The second kappa shape index (κ2) is 13.5. The van der Waals surface area contributed by atoms with Gasteiger partial charge in [-0.25, -0.2) is 18.1 Å². The van der Waals surface area contributed by atoms with E-state index in [1.54, 1.807) is 23.8 Å². The first-order chi connectivity index (χ1) is 20.1. The van der Waals surface area contributed by atoms with Crippen molar-refractivity contribution >= 4 is 21.8 Å². The summed E-state index contributed by atoms with van der Waals surface area (Å²) in [6, 6.07) is 4.64. The number of ether oxygens (including phenoxy) is 1. The molecular formula is C28H39N6O7S+. The number of H-pyrrole nitrogens is 1. The van der Waals surface area contributed by atoms with E-state index in [9.17, 15) is 18.1 Å². The van der Waals surface area contributed by atoms with Crippen molar-refractivity contribution in [2.75, 3.05) is 33.4 Å². The average molecular weight is 604 g/mol. The number of rotatable bonds is 13. The van der Waals surface area contributed by atoms with Gasteiger partial charge in [-0.15, -0.1) is 5.10 Å². The van der Waals surface area contributed by atoms with Gasteiger partial charge in [0.2, 0.25) is 10.0 Å². The lowest BCUT2D eigenvalue weighted by Gasteiger charge is -2.31. The molecule has 3 heterocycles. The Morgan fingerprint density at radius 3 is 2.60 bits per heavy atom. The van der Waals surface area contributed by atoms with Crippen LogP contribution in [0, 0.1) is 17.7 Å². The molecule has 1 aromatic carbocycles. The van der Waals surface area contributed by atoms with Crippen LogP contribution >= 0.6 is 0 Å². The van der Waals surface area contributed by atoms with E-state index < -0.39 is 15.1 Å². The second-order valence-electron chi connectivity index (χ2n) is 10.4. The Balaban J connectivity index is 1.73. The zero-order chi connectivity index (χ0) is 30.4. The van der Waals surface area contributed by atoms with Gasteiger partial charge >= 0.3 is 5.09 Å². The normalized spacial score (nSPS) is 15.0.